The van der Waals surface area contributed by atoms with Gasteiger partial charge in [-0.05, 0) is 13.8 Å². The Bertz CT molecular complexity index is 571. The second kappa shape index (κ2) is 7.81. The van der Waals surface area contributed by atoms with E-state index in [2.05, 4.69) is 15.3 Å². The summed E-state index contributed by atoms with van der Waals surface area (Å²) in [7, 11) is 0. The standard InChI is InChI=1S/C12H15N3O3S3/c1-3-18-10(17)9-7(2)14-11(21-9)15-8(16)6-20-12-13-4-5-19-12/h3-6H2,1-2H3,(H,14,15,16). The van der Waals surface area contributed by atoms with Gasteiger partial charge in [0.05, 0.1) is 24.6 Å². The van der Waals surface area contributed by atoms with Crippen molar-refractivity contribution in [3.05, 3.63) is 10.6 Å². The average molecular weight is 345 g/mol. The normalized spacial score (nSPS) is 13.9. The highest BCUT2D eigenvalue weighted by Crippen LogP contribution is 2.25. The highest BCUT2D eigenvalue weighted by Gasteiger charge is 2.18. The Labute approximate surface area is 135 Å². The van der Waals surface area contributed by atoms with Crippen LogP contribution in [0.5, 0.6) is 0 Å². The van der Waals surface area contributed by atoms with Crippen molar-refractivity contribution in [3.63, 3.8) is 0 Å². The topological polar surface area (TPSA) is 80.6 Å². The number of esters is 1. The summed E-state index contributed by atoms with van der Waals surface area (Å²) in [6.07, 6.45) is 0. The second-order valence-electron chi connectivity index (χ2n) is 3.99. The van der Waals surface area contributed by atoms with Crippen molar-refractivity contribution in [2.45, 2.75) is 13.8 Å². The van der Waals surface area contributed by atoms with E-state index in [1.54, 1.807) is 25.6 Å². The maximum absolute atomic E-state index is 11.8. The number of nitrogens with zero attached hydrogens (tertiary/aromatic N) is 2. The number of amides is 1. The van der Waals surface area contributed by atoms with Gasteiger partial charge in [-0.2, -0.15) is 0 Å². The van der Waals surface area contributed by atoms with Gasteiger partial charge in [0, 0.05) is 5.75 Å². The molecule has 2 heterocycles. The van der Waals surface area contributed by atoms with Crippen LogP contribution in [-0.2, 0) is 9.53 Å². The molecule has 2 rings (SSSR count). The molecule has 0 aromatic carbocycles. The molecule has 6 nitrogen and oxygen atoms in total. The van der Waals surface area contributed by atoms with Gasteiger partial charge in [0.1, 0.15) is 9.25 Å². The van der Waals surface area contributed by atoms with Crippen LogP contribution in [0.1, 0.15) is 22.3 Å². The van der Waals surface area contributed by atoms with E-state index < -0.39 is 5.97 Å². The molecule has 1 aromatic heterocycles. The number of carbonyl (C=O) groups excluding carboxylic acids is 2. The minimum atomic E-state index is -0.404. The number of anilines is 1. The van der Waals surface area contributed by atoms with Gasteiger partial charge in [0.25, 0.3) is 0 Å². The summed E-state index contributed by atoms with van der Waals surface area (Å²) in [5.74, 6) is 0.719. The molecule has 0 bridgehead atoms. The zero-order chi connectivity index (χ0) is 15.2. The molecule has 21 heavy (non-hydrogen) atoms. The monoisotopic (exact) mass is 345 g/mol. The molecule has 1 aliphatic heterocycles. The molecule has 9 heteroatoms. The minimum Gasteiger partial charge on any atom is -0.462 e. The molecule has 0 spiro atoms. The van der Waals surface area contributed by atoms with Crippen LogP contribution in [0, 0.1) is 6.92 Å². The molecule has 0 unspecified atom stereocenters. The summed E-state index contributed by atoms with van der Waals surface area (Å²) in [5, 5.41) is 3.12. The molecule has 1 aliphatic rings. The lowest BCUT2D eigenvalue weighted by Crippen LogP contribution is -2.14. The second-order valence-corrected chi connectivity index (χ2v) is 7.29. The van der Waals surface area contributed by atoms with Gasteiger partial charge in [-0.25, -0.2) is 9.78 Å². The van der Waals surface area contributed by atoms with Crippen LogP contribution in [-0.4, -0.2) is 45.9 Å². The number of carbonyl (C=O) groups is 2. The summed E-state index contributed by atoms with van der Waals surface area (Å²) >= 11 is 4.22. The van der Waals surface area contributed by atoms with Crippen molar-refractivity contribution >= 4 is 56.2 Å². The fourth-order valence-electron chi connectivity index (χ4n) is 1.52. The van der Waals surface area contributed by atoms with E-state index >= 15 is 0 Å². The number of thiazole rings is 1. The molecule has 0 aliphatic carbocycles. The van der Waals surface area contributed by atoms with E-state index in [1.807, 2.05) is 0 Å². The van der Waals surface area contributed by atoms with Gasteiger partial charge in [-0.3, -0.25) is 9.79 Å². The molecule has 1 amide bonds. The smallest absolute Gasteiger partial charge is 0.350 e. The van der Waals surface area contributed by atoms with Crippen molar-refractivity contribution < 1.29 is 14.3 Å². The van der Waals surface area contributed by atoms with Gasteiger partial charge in [-0.15, -0.1) is 0 Å². The number of hydrogen-bond donors (Lipinski definition) is 1. The first-order chi connectivity index (χ1) is 10.1. The van der Waals surface area contributed by atoms with E-state index in [4.69, 9.17) is 4.74 Å². The minimum absolute atomic E-state index is 0.153. The van der Waals surface area contributed by atoms with Crippen molar-refractivity contribution in [2.75, 3.05) is 30.0 Å². The number of rotatable bonds is 5. The highest BCUT2D eigenvalue weighted by atomic mass is 32.2. The summed E-state index contributed by atoms with van der Waals surface area (Å²) in [6.45, 7) is 4.60. The Hall–Kier alpha value is -1.06. The lowest BCUT2D eigenvalue weighted by Gasteiger charge is -2.00. The molecule has 0 saturated carbocycles. The number of nitrogens with one attached hydrogen (secondary N) is 1. The highest BCUT2D eigenvalue weighted by molar-refractivity contribution is 8.39. The Morgan fingerprint density at radius 2 is 2.29 bits per heavy atom. The van der Waals surface area contributed by atoms with Gasteiger partial charge in [-0.1, -0.05) is 34.9 Å². The van der Waals surface area contributed by atoms with Crippen molar-refractivity contribution in [3.8, 4) is 0 Å². The van der Waals surface area contributed by atoms with Crippen molar-refractivity contribution in [1.82, 2.24) is 4.98 Å². The molecule has 1 aromatic rings. The number of hydrogen-bond acceptors (Lipinski definition) is 8. The predicted octanol–water partition coefficient (Wildman–Crippen LogP) is 2.40. The first-order valence-electron chi connectivity index (χ1n) is 6.34. The number of thioether (sulfide) groups is 2. The molecular formula is C12H15N3O3S3. The van der Waals surface area contributed by atoms with Crippen LogP contribution in [0.25, 0.3) is 0 Å². The molecular weight excluding hydrogens is 330 g/mol. The van der Waals surface area contributed by atoms with Gasteiger partial charge < -0.3 is 10.1 Å². The van der Waals surface area contributed by atoms with E-state index in [0.29, 0.717) is 28.1 Å². The van der Waals surface area contributed by atoms with Crippen molar-refractivity contribution in [2.24, 2.45) is 4.99 Å². The summed E-state index contributed by atoms with van der Waals surface area (Å²) in [6, 6.07) is 0. The first-order valence-corrected chi connectivity index (χ1v) is 9.13. The van der Waals surface area contributed by atoms with Crippen LogP contribution in [0.3, 0.4) is 0 Å². The van der Waals surface area contributed by atoms with Crippen LogP contribution < -0.4 is 5.32 Å². The maximum Gasteiger partial charge on any atom is 0.350 e. The summed E-state index contributed by atoms with van der Waals surface area (Å²) in [5.41, 5.74) is 0.567. The fraction of sp³-hybridized carbons (Fsp3) is 0.500. The lowest BCUT2D eigenvalue weighted by atomic mass is 10.4. The predicted molar refractivity (Wildman–Crippen MR) is 88.7 cm³/mol. The number of ether oxygens (including phenoxy) is 1. The molecule has 0 saturated heterocycles. The van der Waals surface area contributed by atoms with E-state index in [-0.39, 0.29) is 5.91 Å². The Morgan fingerprint density at radius 1 is 1.48 bits per heavy atom. The fourth-order valence-corrected chi connectivity index (χ4v) is 4.21. The third-order valence-corrected chi connectivity index (χ3v) is 5.69. The molecule has 114 valence electrons. The average Bonchev–Trinajstić information content (AvgIpc) is 3.06. The molecule has 0 atom stereocenters. The zero-order valence-corrected chi connectivity index (χ0v) is 14.1. The molecule has 0 fully saturated rings. The zero-order valence-electron chi connectivity index (χ0n) is 11.7. The number of aryl methyl sites for hydroxylation is 1. The van der Waals surface area contributed by atoms with Gasteiger partial charge >= 0.3 is 5.97 Å². The Balaban J connectivity index is 1.88. The van der Waals surface area contributed by atoms with E-state index in [0.717, 1.165) is 28.0 Å². The van der Waals surface area contributed by atoms with Crippen LogP contribution in [0.4, 0.5) is 5.13 Å². The summed E-state index contributed by atoms with van der Waals surface area (Å²) < 4.78 is 5.89. The number of aromatic nitrogens is 1. The van der Waals surface area contributed by atoms with Crippen LogP contribution in [0.15, 0.2) is 4.99 Å². The molecule has 1 N–H and O–H groups in total. The third kappa shape index (κ3) is 4.72. The lowest BCUT2D eigenvalue weighted by molar-refractivity contribution is -0.113. The van der Waals surface area contributed by atoms with Crippen LogP contribution >= 0.6 is 34.9 Å². The molecule has 0 radical (unpaired) electrons. The quantitative estimate of drug-likeness (QED) is 0.826. The first kappa shape index (κ1) is 16.3. The largest absolute Gasteiger partial charge is 0.462 e. The van der Waals surface area contributed by atoms with Crippen LogP contribution in [0.2, 0.25) is 0 Å². The van der Waals surface area contributed by atoms with Crippen molar-refractivity contribution in [1.29, 1.82) is 0 Å². The van der Waals surface area contributed by atoms with E-state index in [1.165, 1.54) is 11.8 Å². The summed E-state index contributed by atoms with van der Waals surface area (Å²) in [4.78, 5) is 32.4. The Morgan fingerprint density at radius 3 is 2.95 bits per heavy atom. The van der Waals surface area contributed by atoms with Gasteiger partial charge in [0.2, 0.25) is 5.91 Å². The van der Waals surface area contributed by atoms with E-state index in [9.17, 15) is 9.59 Å². The SMILES string of the molecule is CCOC(=O)c1sc(NC(=O)CSC2=NCCS2)nc1C. The Kier molecular flexibility index (Phi) is 6.07. The van der Waals surface area contributed by atoms with Gasteiger partial charge in [0.15, 0.2) is 5.13 Å². The third-order valence-electron chi connectivity index (χ3n) is 2.39. The number of aliphatic imine (C=N–C) groups is 1. The maximum atomic E-state index is 11.8.